The van der Waals surface area contributed by atoms with Crippen LogP contribution in [0.5, 0.6) is 0 Å². The third-order valence-electron chi connectivity index (χ3n) is 18.2. The molecule has 8 aliphatic rings. The van der Waals surface area contributed by atoms with Crippen molar-refractivity contribution in [2.45, 2.75) is 113 Å². The van der Waals surface area contributed by atoms with E-state index in [0.29, 0.717) is 107 Å². The monoisotopic (exact) mass is 1100 g/mol. The number of nitrogens with zero attached hydrogens (tertiary/aromatic N) is 2. The molecule has 0 bridgehead atoms. The molecule has 6 heterocycles. The predicted octanol–water partition coefficient (Wildman–Crippen LogP) is 6.60. The number of amides is 10. The van der Waals surface area contributed by atoms with Gasteiger partial charge >= 0.3 is 12.1 Å². The number of benzene rings is 4. The Bertz CT molecular complexity index is 3210. The maximum atomic E-state index is 14.1. The average molecular weight is 1110 g/mol. The molecule has 4 aromatic carbocycles. The van der Waals surface area contributed by atoms with Gasteiger partial charge in [0.25, 0.3) is 11.8 Å². The highest BCUT2D eigenvalue weighted by Crippen LogP contribution is 2.49. The van der Waals surface area contributed by atoms with Gasteiger partial charge in [0.1, 0.15) is 47.4 Å². The van der Waals surface area contributed by atoms with Gasteiger partial charge in [0.05, 0.1) is 22.9 Å². The lowest BCUT2D eigenvalue weighted by atomic mass is 9.70. The lowest BCUT2D eigenvalue weighted by molar-refractivity contribution is -0.159. The molecule has 12 rings (SSSR count). The Kier molecular flexibility index (Phi) is 14.1. The molecule has 6 saturated heterocycles. The lowest BCUT2D eigenvalue weighted by Crippen LogP contribution is -2.54. The van der Waals surface area contributed by atoms with Crippen LogP contribution >= 0.6 is 0 Å². The first-order valence-corrected chi connectivity index (χ1v) is 27.0. The number of rotatable bonds is 8. The van der Waals surface area contributed by atoms with E-state index in [1.807, 2.05) is 26.0 Å². The van der Waals surface area contributed by atoms with E-state index in [0.717, 1.165) is 34.4 Å². The molecule has 4 unspecified atom stereocenters. The number of likely N-dealkylation sites (tertiary alicyclic amines) is 2. The molecular weight excluding hydrogens is 1040 g/mol. The van der Waals surface area contributed by atoms with Gasteiger partial charge in [0.15, 0.2) is 0 Å². The Morgan fingerprint density at radius 2 is 0.950 bits per heavy atom. The summed E-state index contributed by atoms with van der Waals surface area (Å²) >= 11 is 0. The van der Waals surface area contributed by atoms with E-state index in [1.54, 1.807) is 24.3 Å². The van der Waals surface area contributed by atoms with Crippen LogP contribution in [0.25, 0.3) is 0 Å². The smallest absolute Gasteiger partial charge is 0.322 e. The number of hydrogen-bond acceptors (Lipinski definition) is 10. The molecule has 0 saturated carbocycles. The van der Waals surface area contributed by atoms with Gasteiger partial charge in [0, 0.05) is 74.6 Å². The molecule has 4 spiro atoms. The largest absolute Gasteiger partial charge is 0.381 e. The van der Waals surface area contributed by atoms with E-state index in [1.165, 1.54) is 34.1 Å². The fourth-order valence-corrected chi connectivity index (χ4v) is 13.8. The second-order valence-electron chi connectivity index (χ2n) is 22.6. The van der Waals surface area contributed by atoms with Crippen LogP contribution in [-0.2, 0) is 51.1 Å². The summed E-state index contributed by atoms with van der Waals surface area (Å²) in [5.74, 6) is -5.62. The molecule has 2 aliphatic carbocycles. The van der Waals surface area contributed by atoms with Gasteiger partial charge in [-0.2, -0.15) is 0 Å². The van der Waals surface area contributed by atoms with Crippen LogP contribution in [0.15, 0.2) is 72.8 Å². The summed E-state index contributed by atoms with van der Waals surface area (Å²) in [7, 11) is 0. The Morgan fingerprint density at radius 1 is 0.537 bits per heavy atom. The van der Waals surface area contributed by atoms with Crippen molar-refractivity contribution < 1.29 is 65.4 Å². The number of halogens is 4. The summed E-state index contributed by atoms with van der Waals surface area (Å²) in [5, 5.41) is 15.8. The molecule has 22 heteroatoms. The Labute approximate surface area is 457 Å². The zero-order valence-electron chi connectivity index (χ0n) is 44.0. The molecule has 6 aliphatic heterocycles. The third-order valence-corrected chi connectivity index (χ3v) is 18.2. The number of ether oxygens (including phenoxy) is 2. The third kappa shape index (κ3) is 9.72. The summed E-state index contributed by atoms with van der Waals surface area (Å²) in [5.41, 5.74) is 1.59. The number of anilines is 2. The van der Waals surface area contributed by atoms with Crippen molar-refractivity contribution in [3.8, 4) is 0 Å². The summed E-state index contributed by atoms with van der Waals surface area (Å²) in [6, 6.07) is 14.7. The van der Waals surface area contributed by atoms with E-state index in [-0.39, 0.29) is 55.0 Å². The van der Waals surface area contributed by atoms with Crippen LogP contribution in [0.4, 0.5) is 38.5 Å². The van der Waals surface area contributed by atoms with Crippen molar-refractivity contribution in [3.05, 3.63) is 129 Å². The van der Waals surface area contributed by atoms with Gasteiger partial charge in [-0.3, -0.25) is 39.4 Å². The molecule has 0 radical (unpaired) electrons. The molecule has 6 N–H and O–H groups in total. The summed E-state index contributed by atoms with van der Waals surface area (Å²) in [4.78, 5) is 106. The first-order chi connectivity index (χ1) is 38.2. The Balaban J connectivity index is 0.000000169. The minimum atomic E-state index is -1.06. The van der Waals surface area contributed by atoms with Crippen LogP contribution in [-0.4, -0.2) is 108 Å². The molecule has 18 nitrogen and oxygen atoms in total. The van der Waals surface area contributed by atoms with Gasteiger partial charge < -0.3 is 40.5 Å². The standard InChI is InChI=1S/2C29H30F2N4O5/c1-16-22-3-2-21(12-18(22)14-29(16)25(37)33-27(39)34-29)32-24(36)15-35-23(17-10-19(30)13-20(31)11-17)4-5-28(26(35)38)6-8-40-9-7-28;1-16-22-13-21(3-2-17(22)14-29(16)25(37)33-27(39)34-29)32-24(36)15-35-23(18-10-19(30)12-20(31)11-18)4-5-28(26(35)38)6-8-40-9-7-28/h2*2-3,10-13,16,23H,4-9,14-15H2,1H3,(H,32,36)(H2,33,34,37,39)/t2*16?,23-,29?/m00/s1. The lowest BCUT2D eigenvalue weighted by Gasteiger charge is -2.47. The van der Waals surface area contributed by atoms with Crippen LogP contribution in [0.2, 0.25) is 0 Å². The van der Waals surface area contributed by atoms with Gasteiger partial charge in [0.2, 0.25) is 23.6 Å². The summed E-state index contributed by atoms with van der Waals surface area (Å²) in [6.07, 6.45) is 4.78. The normalized spacial score (nSPS) is 27.1. The maximum absolute atomic E-state index is 14.1. The molecule has 0 aromatic heterocycles. The molecular formula is C58H60F4N8O10. The summed E-state index contributed by atoms with van der Waals surface area (Å²) in [6.45, 7) is 4.91. The van der Waals surface area contributed by atoms with Crippen molar-refractivity contribution in [1.29, 1.82) is 0 Å². The number of urea groups is 2. The zero-order valence-corrected chi connectivity index (χ0v) is 44.0. The van der Waals surface area contributed by atoms with E-state index in [2.05, 4.69) is 31.9 Å². The molecule has 10 amide bonds. The van der Waals surface area contributed by atoms with Crippen molar-refractivity contribution >= 4 is 58.9 Å². The van der Waals surface area contributed by atoms with Crippen molar-refractivity contribution in [2.24, 2.45) is 10.8 Å². The molecule has 6 atom stereocenters. The number of carbonyl (C=O) groups is 8. The van der Waals surface area contributed by atoms with Crippen molar-refractivity contribution in [3.63, 3.8) is 0 Å². The quantitative estimate of drug-likeness (QED) is 0.0817. The van der Waals surface area contributed by atoms with E-state index < -0.39 is 81.1 Å². The van der Waals surface area contributed by atoms with Crippen LogP contribution in [0.3, 0.4) is 0 Å². The number of nitrogens with one attached hydrogen (secondary N) is 6. The maximum Gasteiger partial charge on any atom is 0.322 e. The summed E-state index contributed by atoms with van der Waals surface area (Å²) < 4.78 is 67.4. The van der Waals surface area contributed by atoms with Crippen molar-refractivity contribution in [2.75, 3.05) is 50.2 Å². The van der Waals surface area contributed by atoms with E-state index in [4.69, 9.17) is 9.47 Å². The minimum absolute atomic E-state index is 0.209. The first kappa shape index (κ1) is 54.2. The number of imide groups is 2. The van der Waals surface area contributed by atoms with Crippen molar-refractivity contribution in [1.82, 2.24) is 31.1 Å². The zero-order chi connectivity index (χ0) is 56.5. The second kappa shape index (κ2) is 20.7. The van der Waals surface area contributed by atoms with Crippen LogP contribution in [0, 0.1) is 34.1 Å². The number of hydrogen-bond donors (Lipinski definition) is 6. The minimum Gasteiger partial charge on any atom is -0.381 e. The van der Waals surface area contributed by atoms with Gasteiger partial charge in [-0.05, 0) is 133 Å². The number of fused-ring (bicyclic) bond motifs is 2. The predicted molar refractivity (Wildman–Crippen MR) is 278 cm³/mol. The Morgan fingerprint density at radius 3 is 1.39 bits per heavy atom. The molecule has 420 valence electrons. The first-order valence-electron chi connectivity index (χ1n) is 27.0. The van der Waals surface area contributed by atoms with Gasteiger partial charge in [-0.25, -0.2) is 27.2 Å². The fourth-order valence-electron chi connectivity index (χ4n) is 13.8. The highest BCUT2D eigenvalue weighted by molar-refractivity contribution is 6.09. The van der Waals surface area contributed by atoms with E-state index in [9.17, 15) is 55.9 Å². The molecule has 80 heavy (non-hydrogen) atoms. The highest BCUT2D eigenvalue weighted by Gasteiger charge is 2.57. The van der Waals surface area contributed by atoms with Gasteiger partial charge in [-0.1, -0.05) is 26.0 Å². The van der Waals surface area contributed by atoms with E-state index >= 15 is 0 Å². The fraction of sp³-hybridized carbons (Fsp3) is 0.448. The van der Waals surface area contributed by atoms with Gasteiger partial charge in [-0.15, -0.1) is 0 Å². The molecule has 6 fully saturated rings. The highest BCUT2D eigenvalue weighted by atomic mass is 19.1. The number of piperidine rings is 2. The average Bonchev–Trinajstić information content (AvgIpc) is 4.13. The molecule has 4 aromatic rings. The number of carbonyl (C=O) groups excluding carboxylic acids is 8. The van der Waals surface area contributed by atoms with Crippen LogP contribution in [0.1, 0.15) is 123 Å². The Hall–Kier alpha value is -7.72. The van der Waals surface area contributed by atoms with Crippen LogP contribution < -0.4 is 31.9 Å². The SMILES string of the molecule is CC1c2cc(NC(=O)CN3C(=O)C4(CCOCC4)CC[C@H]3c3cc(F)cc(F)c3)ccc2CC12NC(=O)NC2=O.CC1c2ccc(NC(=O)CN3C(=O)C4(CCOCC4)CC[C@H]3c3cc(F)cc(F)c3)cc2CC12NC(=O)NC2=O. The second-order valence-corrected chi connectivity index (χ2v) is 22.6. The topological polar surface area (TPSA) is 234 Å².